The normalized spacial score (nSPS) is 35.4. The molecule has 3 atom stereocenters. The van der Waals surface area contributed by atoms with Crippen LogP contribution in [0.25, 0.3) is 0 Å². The molecule has 1 heteroatoms. The van der Waals surface area contributed by atoms with E-state index in [-0.39, 0.29) is 0 Å². The van der Waals surface area contributed by atoms with Gasteiger partial charge in [-0.25, -0.2) is 0 Å². The molecule has 3 rings (SSSR count). The first-order chi connectivity index (χ1) is 8.58. The number of piperidine rings is 1. The van der Waals surface area contributed by atoms with E-state index in [1.165, 1.54) is 31.4 Å². The number of benzene rings is 1. The van der Waals surface area contributed by atoms with Crippen LogP contribution in [0.15, 0.2) is 30.3 Å². The van der Waals surface area contributed by atoms with Gasteiger partial charge in [0.25, 0.3) is 0 Å². The topological polar surface area (TPSA) is 3.24 Å². The van der Waals surface area contributed by atoms with Gasteiger partial charge >= 0.3 is 0 Å². The second-order valence-corrected chi connectivity index (χ2v) is 6.92. The molecule has 1 aromatic rings. The van der Waals surface area contributed by atoms with Gasteiger partial charge in [-0.1, -0.05) is 37.3 Å². The van der Waals surface area contributed by atoms with Crippen molar-refractivity contribution in [3.8, 4) is 0 Å². The maximum atomic E-state index is 2.78. The Morgan fingerprint density at radius 2 is 1.89 bits per heavy atom. The van der Waals surface area contributed by atoms with E-state index in [4.69, 9.17) is 0 Å². The maximum Gasteiger partial charge on any atom is 0.0176 e. The van der Waals surface area contributed by atoms with E-state index in [1.807, 2.05) is 0 Å². The maximum absolute atomic E-state index is 2.78. The molecule has 0 bridgehead atoms. The monoisotopic (exact) mass is 243 g/mol. The SMILES string of the molecule is CC1CCN(C2CC2c2ccccc2)C(C)(C)C1. The molecular weight excluding hydrogens is 218 g/mol. The van der Waals surface area contributed by atoms with Crippen molar-refractivity contribution in [1.82, 2.24) is 4.90 Å². The van der Waals surface area contributed by atoms with Crippen LogP contribution in [-0.4, -0.2) is 23.0 Å². The zero-order valence-corrected chi connectivity index (χ0v) is 11.9. The minimum absolute atomic E-state index is 0.395. The highest BCUT2D eigenvalue weighted by molar-refractivity contribution is 5.28. The summed E-state index contributed by atoms with van der Waals surface area (Å²) >= 11 is 0. The average Bonchev–Trinajstić information content (AvgIpc) is 3.09. The molecule has 3 unspecified atom stereocenters. The third-order valence-corrected chi connectivity index (χ3v) is 4.87. The highest BCUT2D eigenvalue weighted by Crippen LogP contribution is 2.49. The molecule has 1 aliphatic carbocycles. The predicted octanol–water partition coefficient (Wildman–Crippen LogP) is 4.05. The lowest BCUT2D eigenvalue weighted by Gasteiger charge is -2.45. The van der Waals surface area contributed by atoms with Gasteiger partial charge in [0.05, 0.1) is 0 Å². The highest BCUT2D eigenvalue weighted by atomic mass is 15.3. The molecule has 1 saturated heterocycles. The van der Waals surface area contributed by atoms with E-state index in [1.54, 1.807) is 0 Å². The minimum Gasteiger partial charge on any atom is -0.295 e. The fourth-order valence-electron chi connectivity index (χ4n) is 3.93. The number of likely N-dealkylation sites (tertiary alicyclic amines) is 1. The zero-order valence-electron chi connectivity index (χ0n) is 11.9. The van der Waals surface area contributed by atoms with Crippen molar-refractivity contribution in [3.63, 3.8) is 0 Å². The first-order valence-electron chi connectivity index (χ1n) is 7.39. The summed E-state index contributed by atoms with van der Waals surface area (Å²) in [7, 11) is 0. The number of rotatable bonds is 2. The summed E-state index contributed by atoms with van der Waals surface area (Å²) in [5.74, 6) is 1.68. The molecule has 1 saturated carbocycles. The second-order valence-electron chi connectivity index (χ2n) is 6.92. The van der Waals surface area contributed by atoms with Crippen LogP contribution in [0.2, 0.25) is 0 Å². The van der Waals surface area contributed by atoms with Crippen LogP contribution < -0.4 is 0 Å². The number of hydrogen-bond acceptors (Lipinski definition) is 1. The van der Waals surface area contributed by atoms with Crippen LogP contribution >= 0.6 is 0 Å². The van der Waals surface area contributed by atoms with Crippen molar-refractivity contribution in [2.75, 3.05) is 6.54 Å². The Bertz CT molecular complexity index is 409. The van der Waals surface area contributed by atoms with Crippen molar-refractivity contribution >= 4 is 0 Å². The summed E-state index contributed by atoms with van der Waals surface area (Å²) in [5, 5.41) is 0. The molecule has 2 fully saturated rings. The number of nitrogens with zero attached hydrogens (tertiary/aromatic N) is 1. The molecule has 1 aliphatic heterocycles. The van der Waals surface area contributed by atoms with Crippen LogP contribution in [0.1, 0.15) is 51.5 Å². The zero-order chi connectivity index (χ0) is 12.8. The predicted molar refractivity (Wildman–Crippen MR) is 76.8 cm³/mol. The molecule has 18 heavy (non-hydrogen) atoms. The van der Waals surface area contributed by atoms with Gasteiger partial charge in [-0.3, -0.25) is 4.90 Å². The Balaban J connectivity index is 1.71. The third-order valence-electron chi connectivity index (χ3n) is 4.87. The summed E-state index contributed by atoms with van der Waals surface area (Å²) in [4.78, 5) is 2.78. The Kier molecular flexibility index (Phi) is 2.97. The van der Waals surface area contributed by atoms with E-state index < -0.39 is 0 Å². The van der Waals surface area contributed by atoms with Crippen molar-refractivity contribution in [3.05, 3.63) is 35.9 Å². The third kappa shape index (κ3) is 2.21. The summed E-state index contributed by atoms with van der Waals surface area (Å²) in [6.07, 6.45) is 4.09. The quantitative estimate of drug-likeness (QED) is 0.757. The van der Waals surface area contributed by atoms with Crippen molar-refractivity contribution < 1.29 is 0 Å². The molecule has 0 spiro atoms. The molecule has 98 valence electrons. The van der Waals surface area contributed by atoms with Crippen molar-refractivity contribution in [1.29, 1.82) is 0 Å². The first kappa shape index (κ1) is 12.2. The van der Waals surface area contributed by atoms with Crippen LogP contribution in [-0.2, 0) is 0 Å². The summed E-state index contributed by atoms with van der Waals surface area (Å²) in [5.41, 5.74) is 1.93. The van der Waals surface area contributed by atoms with Crippen molar-refractivity contribution in [2.24, 2.45) is 5.92 Å². The Morgan fingerprint density at radius 3 is 2.56 bits per heavy atom. The van der Waals surface area contributed by atoms with E-state index in [0.29, 0.717) is 5.54 Å². The lowest BCUT2D eigenvalue weighted by molar-refractivity contribution is 0.0423. The van der Waals surface area contributed by atoms with Gasteiger partial charge in [-0.2, -0.15) is 0 Å². The average molecular weight is 243 g/mol. The van der Waals surface area contributed by atoms with Crippen LogP contribution in [0, 0.1) is 5.92 Å². The summed E-state index contributed by atoms with van der Waals surface area (Å²) in [6, 6.07) is 11.9. The smallest absolute Gasteiger partial charge is 0.0176 e. The van der Waals surface area contributed by atoms with Gasteiger partial charge in [-0.05, 0) is 51.1 Å². The lowest BCUT2D eigenvalue weighted by Crippen LogP contribution is -2.51. The minimum atomic E-state index is 0.395. The number of hydrogen-bond donors (Lipinski definition) is 0. The van der Waals surface area contributed by atoms with E-state index in [2.05, 4.69) is 56.0 Å². The van der Waals surface area contributed by atoms with Gasteiger partial charge < -0.3 is 0 Å². The largest absolute Gasteiger partial charge is 0.295 e. The highest BCUT2D eigenvalue weighted by Gasteiger charge is 2.48. The van der Waals surface area contributed by atoms with Gasteiger partial charge in [-0.15, -0.1) is 0 Å². The summed E-state index contributed by atoms with van der Waals surface area (Å²) < 4.78 is 0. The van der Waals surface area contributed by atoms with E-state index in [0.717, 1.165) is 17.9 Å². The fourth-order valence-corrected chi connectivity index (χ4v) is 3.93. The fraction of sp³-hybridized carbons (Fsp3) is 0.647. The van der Waals surface area contributed by atoms with Crippen molar-refractivity contribution in [2.45, 2.75) is 57.5 Å². The Labute approximate surface area is 111 Å². The first-order valence-corrected chi connectivity index (χ1v) is 7.39. The lowest BCUT2D eigenvalue weighted by atomic mass is 9.83. The van der Waals surface area contributed by atoms with Crippen LogP contribution in [0.5, 0.6) is 0 Å². The van der Waals surface area contributed by atoms with E-state index in [9.17, 15) is 0 Å². The van der Waals surface area contributed by atoms with Crippen LogP contribution in [0.3, 0.4) is 0 Å². The van der Waals surface area contributed by atoms with Gasteiger partial charge in [0.1, 0.15) is 0 Å². The molecule has 1 aromatic carbocycles. The summed E-state index contributed by atoms with van der Waals surface area (Å²) in [6.45, 7) is 8.56. The molecule has 0 N–H and O–H groups in total. The standard InChI is InChI=1S/C17H25N/c1-13-9-10-18(17(2,3)12-13)16-11-15(16)14-7-5-4-6-8-14/h4-8,13,15-16H,9-12H2,1-3H3. The molecule has 1 heterocycles. The molecule has 2 aliphatic rings. The Morgan fingerprint density at radius 1 is 1.17 bits per heavy atom. The van der Waals surface area contributed by atoms with Gasteiger partial charge in [0.2, 0.25) is 0 Å². The molecule has 0 amide bonds. The molecule has 1 nitrogen and oxygen atoms in total. The van der Waals surface area contributed by atoms with Gasteiger partial charge in [0.15, 0.2) is 0 Å². The molecular formula is C17H25N. The van der Waals surface area contributed by atoms with E-state index >= 15 is 0 Å². The molecule has 0 aromatic heterocycles. The molecule has 0 radical (unpaired) electrons. The van der Waals surface area contributed by atoms with Crippen LogP contribution in [0.4, 0.5) is 0 Å². The Hall–Kier alpha value is -0.820. The second kappa shape index (κ2) is 4.38. The van der Waals surface area contributed by atoms with Gasteiger partial charge in [0, 0.05) is 17.5 Å².